The highest BCUT2D eigenvalue weighted by Crippen LogP contribution is 2.28. The van der Waals surface area contributed by atoms with Gasteiger partial charge in [-0.2, -0.15) is 0 Å². The predicted octanol–water partition coefficient (Wildman–Crippen LogP) is 2.52. The molecule has 2 aliphatic rings. The predicted molar refractivity (Wildman–Crippen MR) is 92.3 cm³/mol. The third kappa shape index (κ3) is 3.43. The van der Waals surface area contributed by atoms with Crippen molar-refractivity contribution < 1.29 is 9.47 Å². The highest BCUT2D eigenvalue weighted by Gasteiger charge is 2.29. The van der Waals surface area contributed by atoms with Gasteiger partial charge in [0.2, 0.25) is 0 Å². The lowest BCUT2D eigenvalue weighted by molar-refractivity contribution is -0.0486. The summed E-state index contributed by atoms with van der Waals surface area (Å²) in [7, 11) is 0. The van der Waals surface area contributed by atoms with E-state index in [4.69, 9.17) is 9.47 Å². The number of rotatable bonds is 5. The Labute approximate surface area is 145 Å². The van der Waals surface area contributed by atoms with Gasteiger partial charge in [-0.05, 0) is 32.6 Å². The normalized spacial score (nSPS) is 23.2. The lowest BCUT2D eigenvalue weighted by Crippen LogP contribution is -2.44. The molecule has 1 aliphatic carbocycles. The van der Waals surface area contributed by atoms with Crippen molar-refractivity contribution in [3.05, 3.63) is 33.7 Å². The minimum absolute atomic E-state index is 0.104. The molecule has 1 aliphatic heterocycles. The van der Waals surface area contributed by atoms with Crippen LogP contribution in [0.4, 0.5) is 5.82 Å². The van der Waals surface area contributed by atoms with E-state index < -0.39 is 0 Å². The summed E-state index contributed by atoms with van der Waals surface area (Å²) in [6.45, 7) is 3.88. The van der Waals surface area contributed by atoms with E-state index >= 15 is 0 Å². The molecule has 2 atom stereocenters. The molecule has 0 saturated carbocycles. The summed E-state index contributed by atoms with van der Waals surface area (Å²) in [6.07, 6.45) is 4.25. The van der Waals surface area contributed by atoms with Gasteiger partial charge in [-0.15, -0.1) is 11.3 Å². The number of ether oxygens (including phenoxy) is 2. The summed E-state index contributed by atoms with van der Waals surface area (Å²) in [6, 6.07) is 0.108. The molecule has 0 aromatic carbocycles. The van der Waals surface area contributed by atoms with E-state index in [-0.39, 0.29) is 12.1 Å². The molecule has 128 valence electrons. The van der Waals surface area contributed by atoms with Crippen molar-refractivity contribution in [2.24, 2.45) is 0 Å². The van der Waals surface area contributed by atoms with Crippen LogP contribution in [0.25, 0.3) is 0 Å². The number of nitrogens with one attached hydrogen (secondary N) is 1. The lowest BCUT2D eigenvalue weighted by Gasteiger charge is -2.32. The molecule has 0 spiro atoms. The zero-order valence-electron chi connectivity index (χ0n) is 13.8. The molecule has 0 bridgehead atoms. The van der Waals surface area contributed by atoms with Gasteiger partial charge in [0.1, 0.15) is 11.6 Å². The SMILES string of the molecule is Cc1nc2c(c(N[C@@H]3COCC[C@@H]3OCc3cscn3)n1)CCC2. The number of hydrogen-bond acceptors (Lipinski definition) is 7. The van der Waals surface area contributed by atoms with Gasteiger partial charge in [-0.25, -0.2) is 15.0 Å². The van der Waals surface area contributed by atoms with Crippen molar-refractivity contribution >= 4 is 17.2 Å². The fraction of sp³-hybridized carbons (Fsp3) is 0.588. The first-order chi connectivity index (χ1) is 11.8. The van der Waals surface area contributed by atoms with Crippen molar-refractivity contribution in [2.75, 3.05) is 18.5 Å². The zero-order valence-corrected chi connectivity index (χ0v) is 14.6. The fourth-order valence-corrected chi connectivity index (χ4v) is 3.95. The van der Waals surface area contributed by atoms with Crippen LogP contribution in [0.1, 0.15) is 35.6 Å². The number of anilines is 1. The van der Waals surface area contributed by atoms with Gasteiger partial charge in [0.25, 0.3) is 0 Å². The monoisotopic (exact) mass is 346 g/mol. The third-order valence-electron chi connectivity index (χ3n) is 4.59. The molecule has 24 heavy (non-hydrogen) atoms. The number of aromatic nitrogens is 3. The highest BCUT2D eigenvalue weighted by molar-refractivity contribution is 7.07. The van der Waals surface area contributed by atoms with Crippen LogP contribution >= 0.6 is 11.3 Å². The van der Waals surface area contributed by atoms with Crippen molar-refractivity contribution in [1.29, 1.82) is 0 Å². The van der Waals surface area contributed by atoms with Crippen molar-refractivity contribution in [2.45, 2.75) is 51.4 Å². The smallest absolute Gasteiger partial charge is 0.133 e. The van der Waals surface area contributed by atoms with Crippen LogP contribution < -0.4 is 5.32 Å². The van der Waals surface area contributed by atoms with E-state index in [0.717, 1.165) is 49.6 Å². The third-order valence-corrected chi connectivity index (χ3v) is 5.22. The molecule has 2 aromatic rings. The van der Waals surface area contributed by atoms with Gasteiger partial charge >= 0.3 is 0 Å². The first-order valence-corrected chi connectivity index (χ1v) is 9.43. The lowest BCUT2D eigenvalue weighted by atomic mass is 10.1. The molecule has 1 fully saturated rings. The highest BCUT2D eigenvalue weighted by atomic mass is 32.1. The van der Waals surface area contributed by atoms with E-state index in [2.05, 4.69) is 20.3 Å². The number of aryl methyl sites for hydroxylation is 2. The number of thiazole rings is 1. The Balaban J connectivity index is 1.47. The molecular formula is C17H22N4O2S. The Morgan fingerprint density at radius 3 is 3.21 bits per heavy atom. The van der Waals surface area contributed by atoms with E-state index in [1.165, 1.54) is 11.3 Å². The first-order valence-electron chi connectivity index (χ1n) is 8.49. The first kappa shape index (κ1) is 15.9. The maximum Gasteiger partial charge on any atom is 0.133 e. The van der Waals surface area contributed by atoms with E-state index in [1.807, 2.05) is 17.8 Å². The van der Waals surface area contributed by atoms with Crippen molar-refractivity contribution in [1.82, 2.24) is 15.0 Å². The van der Waals surface area contributed by atoms with Crippen LogP contribution in [0.3, 0.4) is 0 Å². The van der Waals surface area contributed by atoms with Crippen LogP contribution in [-0.4, -0.2) is 40.3 Å². The van der Waals surface area contributed by atoms with Crippen molar-refractivity contribution in [3.63, 3.8) is 0 Å². The molecule has 0 radical (unpaired) electrons. The van der Waals surface area contributed by atoms with Gasteiger partial charge in [-0.3, -0.25) is 0 Å². The standard InChI is InChI=1S/C17H22N4O2S/c1-11-19-14-4-2-3-13(14)17(20-11)21-15-8-22-6-5-16(15)23-7-12-9-24-10-18-12/h9-10,15-16H,2-8H2,1H3,(H,19,20,21)/t15-,16+/m1/s1. The summed E-state index contributed by atoms with van der Waals surface area (Å²) < 4.78 is 11.8. The minimum Gasteiger partial charge on any atom is -0.379 e. The van der Waals surface area contributed by atoms with Crippen LogP contribution in [-0.2, 0) is 28.9 Å². The fourth-order valence-electron chi connectivity index (χ4n) is 3.40. The van der Waals surface area contributed by atoms with E-state index in [1.54, 1.807) is 11.3 Å². The van der Waals surface area contributed by atoms with Gasteiger partial charge < -0.3 is 14.8 Å². The van der Waals surface area contributed by atoms with Gasteiger partial charge in [0, 0.05) is 23.2 Å². The largest absolute Gasteiger partial charge is 0.379 e. The molecule has 0 amide bonds. The molecule has 3 heterocycles. The average molecular weight is 346 g/mol. The topological polar surface area (TPSA) is 69.2 Å². The molecule has 0 unspecified atom stereocenters. The number of hydrogen-bond donors (Lipinski definition) is 1. The quantitative estimate of drug-likeness (QED) is 0.897. The summed E-state index contributed by atoms with van der Waals surface area (Å²) in [5, 5.41) is 5.61. The van der Waals surface area contributed by atoms with Crippen LogP contribution in [0, 0.1) is 6.92 Å². The summed E-state index contributed by atoms with van der Waals surface area (Å²) >= 11 is 1.60. The average Bonchev–Trinajstić information content (AvgIpc) is 3.25. The summed E-state index contributed by atoms with van der Waals surface area (Å²) in [5.41, 5.74) is 5.29. The second-order valence-corrected chi connectivity index (χ2v) is 7.06. The van der Waals surface area contributed by atoms with Crippen LogP contribution in [0.5, 0.6) is 0 Å². The van der Waals surface area contributed by atoms with Gasteiger partial charge in [0.05, 0.1) is 36.6 Å². The zero-order chi connectivity index (χ0) is 16.4. The molecule has 1 saturated heterocycles. The van der Waals surface area contributed by atoms with Crippen molar-refractivity contribution in [3.8, 4) is 0 Å². The summed E-state index contributed by atoms with van der Waals surface area (Å²) in [4.78, 5) is 13.5. The Morgan fingerprint density at radius 1 is 1.38 bits per heavy atom. The van der Waals surface area contributed by atoms with E-state index in [0.29, 0.717) is 13.2 Å². The second-order valence-electron chi connectivity index (χ2n) is 6.34. The minimum atomic E-state index is 0.104. The van der Waals surface area contributed by atoms with Crippen LogP contribution in [0.2, 0.25) is 0 Å². The van der Waals surface area contributed by atoms with Crippen LogP contribution in [0.15, 0.2) is 10.9 Å². The molecule has 6 nitrogen and oxygen atoms in total. The molecule has 4 rings (SSSR count). The Hall–Kier alpha value is -1.57. The Bertz CT molecular complexity index is 692. The van der Waals surface area contributed by atoms with E-state index in [9.17, 15) is 0 Å². The van der Waals surface area contributed by atoms with Gasteiger partial charge in [0.15, 0.2) is 0 Å². The summed E-state index contributed by atoms with van der Waals surface area (Å²) in [5.74, 6) is 1.79. The molecular weight excluding hydrogens is 324 g/mol. The number of nitrogens with zero attached hydrogens (tertiary/aromatic N) is 3. The molecule has 7 heteroatoms. The maximum absolute atomic E-state index is 6.12. The Kier molecular flexibility index (Phi) is 4.73. The molecule has 1 N–H and O–H groups in total. The Morgan fingerprint density at radius 2 is 2.33 bits per heavy atom. The van der Waals surface area contributed by atoms with Gasteiger partial charge in [-0.1, -0.05) is 0 Å². The second kappa shape index (κ2) is 7.13. The molecule has 2 aromatic heterocycles. The maximum atomic E-state index is 6.12. The number of fused-ring (bicyclic) bond motifs is 1.